The van der Waals surface area contributed by atoms with Crippen LogP contribution in [0.1, 0.15) is 32.3 Å². The van der Waals surface area contributed by atoms with Crippen molar-refractivity contribution >= 4 is 11.6 Å². The van der Waals surface area contributed by atoms with Crippen molar-refractivity contribution in [3.63, 3.8) is 0 Å². The minimum atomic E-state index is -0.169. The van der Waals surface area contributed by atoms with E-state index < -0.39 is 0 Å². The number of hydrogen-bond acceptors (Lipinski definition) is 5. The summed E-state index contributed by atoms with van der Waals surface area (Å²) in [7, 11) is 1.77. The Kier molecular flexibility index (Phi) is 4.19. The van der Waals surface area contributed by atoms with Crippen LogP contribution in [0.3, 0.4) is 0 Å². The van der Waals surface area contributed by atoms with Crippen LogP contribution < -0.4 is 0 Å². The molecular formula is C18H19N7. The Hall–Kier alpha value is -3.27. The Balaban J connectivity index is 1.98. The molecule has 0 amide bonds. The summed E-state index contributed by atoms with van der Waals surface area (Å²) >= 11 is 0. The summed E-state index contributed by atoms with van der Waals surface area (Å²) in [6.45, 7) is 6.11. The van der Waals surface area contributed by atoms with Gasteiger partial charge in [-0.3, -0.25) is 0 Å². The number of nitrogens with zero attached hydrogens (tertiary/aromatic N) is 7. The third kappa shape index (κ3) is 3.48. The molecule has 0 atom stereocenters. The highest BCUT2D eigenvalue weighted by Crippen LogP contribution is 2.20. The first-order valence-electron chi connectivity index (χ1n) is 7.90. The van der Waals surface area contributed by atoms with Gasteiger partial charge in [0.25, 0.3) is 0 Å². The summed E-state index contributed by atoms with van der Waals surface area (Å²) in [6, 6.07) is 11.8. The number of nitriles is 1. The van der Waals surface area contributed by atoms with Crippen LogP contribution in [0.2, 0.25) is 0 Å². The molecule has 1 aromatic carbocycles. The minimum Gasteiger partial charge on any atom is -0.248 e. The Morgan fingerprint density at radius 1 is 1.20 bits per heavy atom. The summed E-state index contributed by atoms with van der Waals surface area (Å²) in [5, 5.41) is 22.2. The standard InChI is InChI=1S/C18H19N7/c1-18(2,3)25-12-15(21-23-25)10-14(11-19)17-20-16(22-24(17)4)13-8-6-5-7-9-13/h5-10,12H,1-4H3. The lowest BCUT2D eigenvalue weighted by atomic mass is 10.1. The first-order valence-corrected chi connectivity index (χ1v) is 7.90. The molecule has 3 rings (SSSR count). The van der Waals surface area contributed by atoms with Gasteiger partial charge in [-0.05, 0) is 26.8 Å². The van der Waals surface area contributed by atoms with Crippen LogP contribution >= 0.6 is 0 Å². The average molecular weight is 333 g/mol. The van der Waals surface area contributed by atoms with Gasteiger partial charge in [0.1, 0.15) is 11.8 Å². The van der Waals surface area contributed by atoms with Crippen LogP contribution in [0, 0.1) is 11.3 Å². The summed E-state index contributed by atoms with van der Waals surface area (Å²) in [6.07, 6.45) is 3.49. The number of allylic oxidation sites excluding steroid dienone is 1. The maximum absolute atomic E-state index is 9.56. The molecule has 25 heavy (non-hydrogen) atoms. The summed E-state index contributed by atoms with van der Waals surface area (Å²) in [5.41, 5.74) is 1.73. The fourth-order valence-electron chi connectivity index (χ4n) is 2.29. The molecule has 0 saturated heterocycles. The van der Waals surface area contributed by atoms with E-state index in [1.807, 2.05) is 57.3 Å². The monoisotopic (exact) mass is 333 g/mol. The molecule has 0 saturated carbocycles. The average Bonchev–Trinajstić information content (AvgIpc) is 3.20. The third-order valence-electron chi connectivity index (χ3n) is 3.65. The van der Waals surface area contributed by atoms with E-state index in [-0.39, 0.29) is 5.54 Å². The van der Waals surface area contributed by atoms with Gasteiger partial charge in [0.05, 0.1) is 17.3 Å². The molecule has 0 unspecified atom stereocenters. The fourth-order valence-corrected chi connectivity index (χ4v) is 2.29. The number of aromatic nitrogens is 6. The van der Waals surface area contributed by atoms with E-state index in [0.717, 1.165) is 5.56 Å². The zero-order valence-electron chi connectivity index (χ0n) is 14.7. The zero-order valence-corrected chi connectivity index (χ0v) is 14.7. The van der Waals surface area contributed by atoms with Crippen LogP contribution in [0.25, 0.3) is 23.0 Å². The second kappa shape index (κ2) is 6.32. The summed E-state index contributed by atoms with van der Waals surface area (Å²) in [5.74, 6) is 1.07. The minimum absolute atomic E-state index is 0.169. The topological polar surface area (TPSA) is 85.2 Å². The highest BCUT2D eigenvalue weighted by atomic mass is 15.4. The van der Waals surface area contributed by atoms with Gasteiger partial charge in [-0.15, -0.1) is 5.10 Å². The molecular weight excluding hydrogens is 314 g/mol. The predicted octanol–water partition coefficient (Wildman–Crippen LogP) is 2.89. The number of rotatable bonds is 3. The van der Waals surface area contributed by atoms with Crippen molar-refractivity contribution in [2.75, 3.05) is 0 Å². The first kappa shape index (κ1) is 16.6. The molecule has 7 heteroatoms. The molecule has 126 valence electrons. The van der Waals surface area contributed by atoms with E-state index in [4.69, 9.17) is 0 Å². The second-order valence-electron chi connectivity index (χ2n) is 6.68. The zero-order chi connectivity index (χ0) is 18.0. The first-order chi connectivity index (χ1) is 11.9. The molecule has 0 aliphatic carbocycles. The summed E-state index contributed by atoms with van der Waals surface area (Å²) in [4.78, 5) is 4.51. The highest BCUT2D eigenvalue weighted by Gasteiger charge is 2.17. The smallest absolute Gasteiger partial charge is 0.181 e. The van der Waals surface area contributed by atoms with Crippen LogP contribution in [-0.2, 0) is 12.6 Å². The lowest BCUT2D eigenvalue weighted by Gasteiger charge is -2.17. The van der Waals surface area contributed by atoms with Gasteiger partial charge in [-0.2, -0.15) is 10.4 Å². The maximum Gasteiger partial charge on any atom is 0.181 e. The molecule has 0 fully saturated rings. The SMILES string of the molecule is Cn1nc(-c2ccccc2)nc1C(C#N)=Cc1cn(C(C)(C)C)nn1. The molecule has 0 spiro atoms. The highest BCUT2D eigenvalue weighted by molar-refractivity contribution is 5.86. The van der Waals surface area contributed by atoms with Gasteiger partial charge in [0.15, 0.2) is 11.6 Å². The third-order valence-corrected chi connectivity index (χ3v) is 3.65. The molecule has 2 heterocycles. The lowest BCUT2D eigenvalue weighted by Crippen LogP contribution is -2.22. The van der Waals surface area contributed by atoms with E-state index in [0.29, 0.717) is 22.9 Å². The van der Waals surface area contributed by atoms with Crippen LogP contribution in [0.5, 0.6) is 0 Å². The largest absolute Gasteiger partial charge is 0.248 e. The van der Waals surface area contributed by atoms with Crippen molar-refractivity contribution in [1.29, 1.82) is 5.26 Å². The Morgan fingerprint density at radius 2 is 1.92 bits per heavy atom. The molecule has 0 aliphatic heterocycles. The summed E-state index contributed by atoms with van der Waals surface area (Å²) < 4.78 is 3.37. The van der Waals surface area contributed by atoms with E-state index >= 15 is 0 Å². The molecule has 0 N–H and O–H groups in total. The second-order valence-corrected chi connectivity index (χ2v) is 6.68. The van der Waals surface area contributed by atoms with Crippen LogP contribution in [0.15, 0.2) is 36.5 Å². The Bertz CT molecular complexity index is 949. The molecule has 0 aliphatic rings. The van der Waals surface area contributed by atoms with E-state index in [2.05, 4.69) is 26.5 Å². The lowest BCUT2D eigenvalue weighted by molar-refractivity contribution is 0.347. The molecule has 0 bridgehead atoms. The maximum atomic E-state index is 9.56. The fraction of sp³-hybridized carbons (Fsp3) is 0.278. The number of benzene rings is 1. The van der Waals surface area contributed by atoms with Gasteiger partial charge >= 0.3 is 0 Å². The van der Waals surface area contributed by atoms with E-state index in [1.54, 1.807) is 22.5 Å². The van der Waals surface area contributed by atoms with Gasteiger partial charge < -0.3 is 0 Å². The molecule has 7 nitrogen and oxygen atoms in total. The van der Waals surface area contributed by atoms with Crippen molar-refractivity contribution in [2.24, 2.45) is 7.05 Å². The van der Waals surface area contributed by atoms with Gasteiger partial charge in [-0.25, -0.2) is 14.3 Å². The molecule has 2 aromatic heterocycles. The molecule has 0 radical (unpaired) electrons. The van der Waals surface area contributed by atoms with Crippen molar-refractivity contribution in [1.82, 2.24) is 29.8 Å². The van der Waals surface area contributed by atoms with Gasteiger partial charge in [0, 0.05) is 12.6 Å². The quantitative estimate of drug-likeness (QED) is 0.688. The van der Waals surface area contributed by atoms with Crippen molar-refractivity contribution in [2.45, 2.75) is 26.3 Å². The predicted molar refractivity (Wildman–Crippen MR) is 94.9 cm³/mol. The number of aryl methyl sites for hydroxylation is 1. The number of hydrogen-bond donors (Lipinski definition) is 0. The normalized spacial score (nSPS) is 12.2. The van der Waals surface area contributed by atoms with Crippen molar-refractivity contribution in [3.8, 4) is 17.5 Å². The van der Waals surface area contributed by atoms with Crippen molar-refractivity contribution < 1.29 is 0 Å². The van der Waals surface area contributed by atoms with Crippen LogP contribution in [0.4, 0.5) is 0 Å². The van der Waals surface area contributed by atoms with E-state index in [9.17, 15) is 5.26 Å². The van der Waals surface area contributed by atoms with Crippen molar-refractivity contribution in [3.05, 3.63) is 48.0 Å². The molecule has 3 aromatic rings. The van der Waals surface area contributed by atoms with Gasteiger partial charge in [0.2, 0.25) is 0 Å². The Morgan fingerprint density at radius 3 is 2.52 bits per heavy atom. The van der Waals surface area contributed by atoms with Gasteiger partial charge in [-0.1, -0.05) is 35.5 Å². The van der Waals surface area contributed by atoms with Crippen LogP contribution in [-0.4, -0.2) is 29.8 Å². The van der Waals surface area contributed by atoms with E-state index in [1.165, 1.54) is 0 Å². The Labute approximate surface area is 146 Å².